The van der Waals surface area contributed by atoms with Crippen LogP contribution in [-0.2, 0) is 4.79 Å². The summed E-state index contributed by atoms with van der Waals surface area (Å²) < 4.78 is 5.68. The first-order valence-electron chi connectivity index (χ1n) is 10.8. The number of halogens is 1. The number of carbonyl (C=O) groups is 1. The lowest BCUT2D eigenvalue weighted by atomic mass is 9.91. The predicted molar refractivity (Wildman–Crippen MR) is 129 cm³/mol. The number of ether oxygens (including phenoxy) is 1. The van der Waals surface area contributed by atoms with Gasteiger partial charge in [0.1, 0.15) is 5.75 Å². The lowest BCUT2D eigenvalue weighted by Crippen LogP contribution is -2.40. The Hall–Kier alpha value is -3.24. The van der Waals surface area contributed by atoms with Crippen LogP contribution in [0.15, 0.2) is 84.1 Å². The molecule has 0 N–H and O–H groups in total. The van der Waals surface area contributed by atoms with E-state index in [9.17, 15) is 4.79 Å². The molecular weight excluding hydrogens is 420 g/mol. The molecule has 4 nitrogen and oxygen atoms in total. The van der Waals surface area contributed by atoms with E-state index in [2.05, 4.69) is 42.2 Å². The summed E-state index contributed by atoms with van der Waals surface area (Å²) in [5.74, 6) is 0.840. The molecule has 2 heterocycles. The molecule has 2 aliphatic rings. The van der Waals surface area contributed by atoms with Crippen molar-refractivity contribution in [2.24, 2.45) is 0 Å². The summed E-state index contributed by atoms with van der Waals surface area (Å²) in [7, 11) is 1.68. The smallest absolute Gasteiger partial charge is 0.256 e. The van der Waals surface area contributed by atoms with Crippen molar-refractivity contribution >= 4 is 28.9 Å². The Bertz CT molecular complexity index is 1190. The standard InChI is InChI=1S/C27H25ClN2O2/c1-18-7-11-20(12-8-18)29-16-15-23-24(29)17-25(22-5-3-4-6-26(22)32-2)30(27(23)31)21-13-9-19(28)10-14-21/h3-14,25H,15-17H2,1-2H3. The maximum atomic E-state index is 13.9. The number of para-hydroxylation sites is 1. The van der Waals surface area contributed by atoms with Crippen molar-refractivity contribution < 1.29 is 9.53 Å². The van der Waals surface area contributed by atoms with Gasteiger partial charge in [-0.15, -0.1) is 0 Å². The zero-order chi connectivity index (χ0) is 22.2. The Morgan fingerprint density at radius 3 is 2.34 bits per heavy atom. The van der Waals surface area contributed by atoms with Crippen LogP contribution in [0.1, 0.15) is 30.0 Å². The van der Waals surface area contributed by atoms with Crippen molar-refractivity contribution in [3.63, 3.8) is 0 Å². The molecule has 0 bridgehead atoms. The third-order valence-electron chi connectivity index (χ3n) is 6.38. The first kappa shape index (κ1) is 20.7. The van der Waals surface area contributed by atoms with E-state index in [1.165, 1.54) is 5.56 Å². The molecule has 5 rings (SSSR count). The lowest BCUT2D eigenvalue weighted by molar-refractivity contribution is -0.116. The molecule has 1 unspecified atom stereocenters. The van der Waals surface area contributed by atoms with Crippen molar-refractivity contribution in [3.8, 4) is 5.75 Å². The average molecular weight is 445 g/mol. The highest BCUT2D eigenvalue weighted by atomic mass is 35.5. The van der Waals surface area contributed by atoms with Crippen molar-refractivity contribution in [2.45, 2.75) is 25.8 Å². The number of rotatable bonds is 4. The summed E-state index contributed by atoms with van der Waals surface area (Å²) in [6.45, 7) is 2.90. The number of benzene rings is 3. The van der Waals surface area contributed by atoms with Gasteiger partial charge in [-0.1, -0.05) is 47.5 Å². The van der Waals surface area contributed by atoms with Gasteiger partial charge in [-0.05, 0) is 55.8 Å². The normalized spacial score (nSPS) is 18.2. The van der Waals surface area contributed by atoms with Gasteiger partial charge in [-0.2, -0.15) is 0 Å². The van der Waals surface area contributed by atoms with Crippen LogP contribution in [0, 0.1) is 6.92 Å². The zero-order valence-corrected chi connectivity index (χ0v) is 19.0. The lowest BCUT2D eigenvalue weighted by Gasteiger charge is -2.39. The fourth-order valence-corrected chi connectivity index (χ4v) is 4.92. The molecular formula is C27H25ClN2O2. The van der Waals surface area contributed by atoms with E-state index in [1.54, 1.807) is 7.11 Å². The first-order valence-corrected chi connectivity index (χ1v) is 11.2. The molecule has 3 aromatic carbocycles. The van der Waals surface area contributed by atoms with Crippen LogP contribution >= 0.6 is 11.6 Å². The second-order valence-corrected chi connectivity index (χ2v) is 8.71. The molecule has 0 aliphatic carbocycles. The number of hydrogen-bond donors (Lipinski definition) is 0. The van der Waals surface area contributed by atoms with E-state index in [0.717, 1.165) is 53.3 Å². The summed E-state index contributed by atoms with van der Waals surface area (Å²) in [6.07, 6.45) is 1.46. The number of carbonyl (C=O) groups excluding carboxylic acids is 1. The fraction of sp³-hybridized carbons (Fsp3) is 0.222. The average Bonchev–Trinajstić information content (AvgIpc) is 3.24. The molecule has 0 fully saturated rings. The van der Waals surface area contributed by atoms with Gasteiger partial charge in [0, 0.05) is 46.2 Å². The zero-order valence-electron chi connectivity index (χ0n) is 18.2. The maximum absolute atomic E-state index is 13.9. The van der Waals surface area contributed by atoms with Crippen LogP contribution in [0.2, 0.25) is 5.02 Å². The maximum Gasteiger partial charge on any atom is 0.256 e. The van der Waals surface area contributed by atoms with Gasteiger partial charge in [0.15, 0.2) is 0 Å². The highest BCUT2D eigenvalue weighted by Crippen LogP contribution is 2.46. The van der Waals surface area contributed by atoms with Gasteiger partial charge in [0.05, 0.1) is 13.2 Å². The minimum absolute atomic E-state index is 0.0547. The molecule has 32 heavy (non-hydrogen) atoms. The van der Waals surface area contributed by atoms with E-state index in [0.29, 0.717) is 5.02 Å². The number of hydrogen-bond acceptors (Lipinski definition) is 3. The number of aryl methyl sites for hydroxylation is 1. The van der Waals surface area contributed by atoms with Crippen molar-refractivity contribution in [1.29, 1.82) is 0 Å². The Kier molecular flexibility index (Phi) is 5.40. The number of amides is 1. The van der Waals surface area contributed by atoms with Gasteiger partial charge in [0.2, 0.25) is 0 Å². The van der Waals surface area contributed by atoms with Gasteiger partial charge in [0.25, 0.3) is 5.91 Å². The molecule has 3 aromatic rings. The summed E-state index contributed by atoms with van der Waals surface area (Å²) in [6, 6.07) is 23.8. The Morgan fingerprint density at radius 2 is 1.62 bits per heavy atom. The van der Waals surface area contributed by atoms with Crippen LogP contribution < -0.4 is 14.5 Å². The topological polar surface area (TPSA) is 32.8 Å². The van der Waals surface area contributed by atoms with Crippen LogP contribution in [0.4, 0.5) is 11.4 Å². The molecule has 5 heteroatoms. The van der Waals surface area contributed by atoms with E-state index < -0.39 is 0 Å². The molecule has 162 valence electrons. The first-order chi connectivity index (χ1) is 15.6. The van der Waals surface area contributed by atoms with Crippen molar-refractivity contribution in [2.75, 3.05) is 23.5 Å². The predicted octanol–water partition coefficient (Wildman–Crippen LogP) is 6.30. The van der Waals surface area contributed by atoms with Crippen molar-refractivity contribution in [1.82, 2.24) is 0 Å². The number of nitrogens with zero attached hydrogens (tertiary/aromatic N) is 2. The largest absolute Gasteiger partial charge is 0.496 e. The van der Waals surface area contributed by atoms with E-state index in [4.69, 9.17) is 16.3 Å². The molecule has 0 aromatic heterocycles. The van der Waals surface area contributed by atoms with E-state index >= 15 is 0 Å². The monoisotopic (exact) mass is 444 g/mol. The van der Waals surface area contributed by atoms with Gasteiger partial charge in [-0.3, -0.25) is 4.79 Å². The van der Waals surface area contributed by atoms with Gasteiger partial charge >= 0.3 is 0 Å². The van der Waals surface area contributed by atoms with E-state index in [1.807, 2.05) is 47.4 Å². The molecule has 2 aliphatic heterocycles. The van der Waals surface area contributed by atoms with Crippen LogP contribution in [0.3, 0.4) is 0 Å². The molecule has 1 atom stereocenters. The summed E-state index contributed by atoms with van der Waals surface area (Å²) >= 11 is 6.14. The summed E-state index contributed by atoms with van der Waals surface area (Å²) in [5, 5.41) is 0.651. The van der Waals surface area contributed by atoms with Crippen LogP contribution in [0.5, 0.6) is 5.75 Å². The quantitative estimate of drug-likeness (QED) is 0.473. The highest BCUT2D eigenvalue weighted by Gasteiger charge is 2.41. The summed E-state index contributed by atoms with van der Waals surface area (Å²) in [4.78, 5) is 18.1. The van der Waals surface area contributed by atoms with Gasteiger partial charge in [-0.25, -0.2) is 0 Å². The Morgan fingerprint density at radius 1 is 0.938 bits per heavy atom. The molecule has 1 amide bonds. The van der Waals surface area contributed by atoms with Crippen LogP contribution in [-0.4, -0.2) is 19.6 Å². The van der Waals surface area contributed by atoms with E-state index in [-0.39, 0.29) is 11.9 Å². The Labute approximate surface area is 193 Å². The molecule has 0 saturated carbocycles. The second-order valence-electron chi connectivity index (χ2n) is 8.28. The molecule has 0 radical (unpaired) electrons. The third kappa shape index (κ3) is 3.55. The Balaban J connectivity index is 1.62. The molecule has 0 spiro atoms. The highest BCUT2D eigenvalue weighted by molar-refractivity contribution is 6.30. The second kappa shape index (κ2) is 8.36. The molecule has 0 saturated heterocycles. The minimum Gasteiger partial charge on any atom is -0.496 e. The number of methoxy groups -OCH3 is 1. The van der Waals surface area contributed by atoms with Crippen LogP contribution in [0.25, 0.3) is 0 Å². The summed E-state index contributed by atoms with van der Waals surface area (Å²) in [5.41, 5.74) is 6.21. The van der Waals surface area contributed by atoms with Crippen molar-refractivity contribution in [3.05, 3.63) is 100 Å². The number of anilines is 2. The SMILES string of the molecule is COc1ccccc1C1CC2=C(CCN2c2ccc(C)cc2)C(=O)N1c1ccc(Cl)cc1. The third-order valence-corrected chi connectivity index (χ3v) is 6.64. The minimum atomic E-state index is -0.176. The van der Waals surface area contributed by atoms with Gasteiger partial charge < -0.3 is 14.5 Å². The fourth-order valence-electron chi connectivity index (χ4n) is 4.79.